The summed E-state index contributed by atoms with van der Waals surface area (Å²) in [6, 6.07) is 0. The summed E-state index contributed by atoms with van der Waals surface area (Å²) >= 11 is 0. The van der Waals surface area contributed by atoms with Gasteiger partial charge in [0.25, 0.3) is 0 Å². The maximum Gasteiger partial charge on any atom is 0.306 e. The third kappa shape index (κ3) is 68.7. The van der Waals surface area contributed by atoms with E-state index in [1.165, 1.54) is 173 Å². The first-order valence-electron chi connectivity index (χ1n) is 35.4. The summed E-state index contributed by atoms with van der Waals surface area (Å²) in [5.74, 6) is -0.942. The van der Waals surface area contributed by atoms with Crippen LogP contribution in [0.3, 0.4) is 0 Å². The van der Waals surface area contributed by atoms with E-state index in [9.17, 15) is 14.4 Å². The minimum atomic E-state index is -0.806. The van der Waals surface area contributed by atoms with Gasteiger partial charge in [-0.15, -0.1) is 0 Å². The summed E-state index contributed by atoms with van der Waals surface area (Å²) in [5, 5.41) is 0. The normalized spacial score (nSPS) is 12.8. The highest BCUT2D eigenvalue weighted by molar-refractivity contribution is 5.71. The lowest BCUT2D eigenvalue weighted by Gasteiger charge is -2.18. The van der Waals surface area contributed by atoms with E-state index in [0.29, 0.717) is 19.3 Å². The fourth-order valence-corrected chi connectivity index (χ4v) is 9.99. The molecule has 0 N–H and O–H groups in total. The lowest BCUT2D eigenvalue weighted by atomic mass is 10.0. The van der Waals surface area contributed by atoms with Crippen LogP contribution < -0.4 is 0 Å². The second-order valence-corrected chi connectivity index (χ2v) is 23.4. The van der Waals surface area contributed by atoms with E-state index in [0.717, 1.165) is 122 Å². The zero-order chi connectivity index (χ0) is 59.9. The molecule has 6 heteroatoms. The molecular weight excluding hydrogens is 1020 g/mol. The largest absolute Gasteiger partial charge is 0.462 e. The summed E-state index contributed by atoms with van der Waals surface area (Å²) in [4.78, 5) is 38.3. The van der Waals surface area contributed by atoms with Crippen LogP contribution >= 0.6 is 0 Å². The van der Waals surface area contributed by atoms with Crippen molar-refractivity contribution in [3.05, 3.63) is 109 Å². The van der Waals surface area contributed by atoms with Crippen molar-refractivity contribution in [2.75, 3.05) is 13.2 Å². The standard InChI is InChI=1S/C77H132O6/c1-4-7-10-13-16-19-22-24-26-28-30-32-34-36-38-40-41-43-45-47-49-51-53-55-58-61-64-67-70-76(79)82-73-74(72-81-75(78)69-66-63-60-57-21-18-15-12-9-6-3)83-77(80)71-68-65-62-59-56-54-52-50-48-46-44-42-39-37-35-33-31-29-27-25-23-20-17-14-11-8-5-2/h8,11-12,15,17,20,25,27,31,33,37,39,44,46,50,52,56,59,74H,4-7,9-10,13-14,16,18-19,21-24,26,28-30,32,34-36,38,40-43,45,47-49,51,53-55,57-58,60-73H2,1-3H3/b11-8-,15-12-,20-17-,27-25-,33-31-,39-37-,46-44-,52-50-,59-56-. The van der Waals surface area contributed by atoms with Crippen molar-refractivity contribution in [3.8, 4) is 0 Å². The Labute approximate surface area is 514 Å². The van der Waals surface area contributed by atoms with Crippen molar-refractivity contribution in [1.29, 1.82) is 0 Å². The summed E-state index contributed by atoms with van der Waals surface area (Å²) in [5.41, 5.74) is 0. The molecule has 0 aliphatic heterocycles. The monoisotopic (exact) mass is 1150 g/mol. The van der Waals surface area contributed by atoms with Crippen molar-refractivity contribution in [3.63, 3.8) is 0 Å². The number of allylic oxidation sites excluding steroid dienone is 18. The van der Waals surface area contributed by atoms with E-state index in [1.807, 2.05) is 0 Å². The number of hydrogen-bond donors (Lipinski definition) is 0. The van der Waals surface area contributed by atoms with Crippen LogP contribution in [0, 0.1) is 0 Å². The molecule has 0 rings (SSSR count). The molecule has 6 nitrogen and oxygen atoms in total. The average molecular weight is 1150 g/mol. The Morgan fingerprint density at radius 2 is 0.494 bits per heavy atom. The minimum Gasteiger partial charge on any atom is -0.462 e. The molecule has 0 saturated carbocycles. The fourth-order valence-electron chi connectivity index (χ4n) is 9.99. The predicted molar refractivity (Wildman–Crippen MR) is 362 cm³/mol. The molecule has 476 valence electrons. The van der Waals surface area contributed by atoms with Gasteiger partial charge in [-0.25, -0.2) is 0 Å². The summed E-state index contributed by atoms with van der Waals surface area (Å²) in [7, 11) is 0. The van der Waals surface area contributed by atoms with Crippen molar-refractivity contribution in [2.45, 2.75) is 348 Å². The van der Waals surface area contributed by atoms with E-state index in [-0.39, 0.29) is 37.5 Å². The van der Waals surface area contributed by atoms with Gasteiger partial charge in [0.2, 0.25) is 0 Å². The predicted octanol–water partition coefficient (Wildman–Crippen LogP) is 24.6. The molecule has 0 aliphatic carbocycles. The van der Waals surface area contributed by atoms with Crippen LogP contribution in [0.25, 0.3) is 0 Å². The first kappa shape index (κ1) is 79.1. The number of esters is 3. The minimum absolute atomic E-state index is 0.0968. The molecule has 0 spiro atoms. The molecule has 0 aromatic rings. The molecule has 0 radical (unpaired) electrons. The summed E-state index contributed by atoms with van der Waals surface area (Å²) in [6.45, 7) is 6.46. The molecule has 1 unspecified atom stereocenters. The highest BCUT2D eigenvalue weighted by Crippen LogP contribution is 2.18. The van der Waals surface area contributed by atoms with Gasteiger partial charge in [-0.2, -0.15) is 0 Å². The number of hydrogen-bond acceptors (Lipinski definition) is 6. The quantitative estimate of drug-likeness (QED) is 0.0261. The third-order valence-corrected chi connectivity index (χ3v) is 15.2. The van der Waals surface area contributed by atoms with E-state index in [2.05, 4.69) is 130 Å². The number of carbonyl (C=O) groups is 3. The van der Waals surface area contributed by atoms with Crippen LogP contribution in [0.1, 0.15) is 342 Å². The Balaban J connectivity index is 4.26. The number of ether oxygens (including phenoxy) is 3. The molecule has 1 atom stereocenters. The molecule has 0 heterocycles. The second-order valence-electron chi connectivity index (χ2n) is 23.4. The molecule has 0 amide bonds. The van der Waals surface area contributed by atoms with Crippen LogP contribution in [0.5, 0.6) is 0 Å². The van der Waals surface area contributed by atoms with Gasteiger partial charge in [0.05, 0.1) is 0 Å². The highest BCUT2D eigenvalue weighted by Gasteiger charge is 2.19. The van der Waals surface area contributed by atoms with Gasteiger partial charge >= 0.3 is 17.9 Å². The number of carbonyl (C=O) groups excluding carboxylic acids is 3. The third-order valence-electron chi connectivity index (χ3n) is 15.2. The van der Waals surface area contributed by atoms with Crippen molar-refractivity contribution < 1.29 is 28.6 Å². The first-order chi connectivity index (χ1) is 41.0. The van der Waals surface area contributed by atoms with Gasteiger partial charge in [0.1, 0.15) is 13.2 Å². The Bertz CT molecular complexity index is 1660. The molecule has 0 aliphatic rings. The van der Waals surface area contributed by atoms with Crippen molar-refractivity contribution >= 4 is 17.9 Å². The molecule has 0 aromatic carbocycles. The van der Waals surface area contributed by atoms with Crippen LogP contribution in [0.15, 0.2) is 109 Å². The SMILES string of the molecule is CC/C=C\C/C=C\C/C=C\C/C=C\C/C=C\C/C=C\C/C=C\C/C=C\CCCCC(=O)OC(COC(=O)CCCCCCC/C=C\CCC)COC(=O)CCCCCCCCCCCCCCCCCCCCCCCCCCCCCC. The number of rotatable bonds is 64. The molecule has 0 fully saturated rings. The Kier molecular flexibility index (Phi) is 67.2. The van der Waals surface area contributed by atoms with Crippen molar-refractivity contribution in [2.24, 2.45) is 0 Å². The maximum absolute atomic E-state index is 12.9. The lowest BCUT2D eigenvalue weighted by Crippen LogP contribution is -2.30. The fraction of sp³-hybridized carbons (Fsp3) is 0.727. The Morgan fingerprint density at radius 3 is 0.819 bits per heavy atom. The Morgan fingerprint density at radius 1 is 0.253 bits per heavy atom. The zero-order valence-corrected chi connectivity index (χ0v) is 54.7. The van der Waals surface area contributed by atoms with Crippen LogP contribution in [-0.2, 0) is 28.6 Å². The van der Waals surface area contributed by atoms with Crippen molar-refractivity contribution in [1.82, 2.24) is 0 Å². The number of unbranched alkanes of at least 4 members (excludes halogenated alkanes) is 35. The highest BCUT2D eigenvalue weighted by atomic mass is 16.6. The van der Waals surface area contributed by atoms with E-state index in [4.69, 9.17) is 14.2 Å². The zero-order valence-electron chi connectivity index (χ0n) is 54.7. The molecule has 0 bridgehead atoms. The Hall–Kier alpha value is -3.93. The summed E-state index contributed by atoms with van der Waals surface area (Å²) < 4.78 is 16.9. The van der Waals surface area contributed by atoms with E-state index in [1.54, 1.807) is 0 Å². The second kappa shape index (κ2) is 70.6. The summed E-state index contributed by atoms with van der Waals surface area (Å²) in [6.07, 6.45) is 97.1. The molecule has 0 saturated heterocycles. The maximum atomic E-state index is 12.9. The van der Waals surface area contributed by atoms with Crippen LogP contribution in [0.4, 0.5) is 0 Å². The molecule has 0 aromatic heterocycles. The van der Waals surface area contributed by atoms with Gasteiger partial charge in [0, 0.05) is 19.3 Å². The van der Waals surface area contributed by atoms with Crippen LogP contribution in [-0.4, -0.2) is 37.2 Å². The van der Waals surface area contributed by atoms with Gasteiger partial charge in [-0.05, 0) is 103 Å². The molecular formula is C77H132O6. The van der Waals surface area contributed by atoms with Gasteiger partial charge < -0.3 is 14.2 Å². The molecule has 83 heavy (non-hydrogen) atoms. The average Bonchev–Trinajstić information content (AvgIpc) is 3.48. The lowest BCUT2D eigenvalue weighted by molar-refractivity contribution is -0.167. The van der Waals surface area contributed by atoms with Crippen LogP contribution in [0.2, 0.25) is 0 Å². The topological polar surface area (TPSA) is 78.9 Å². The van der Waals surface area contributed by atoms with Gasteiger partial charge in [-0.1, -0.05) is 329 Å². The smallest absolute Gasteiger partial charge is 0.306 e. The van der Waals surface area contributed by atoms with E-state index < -0.39 is 6.10 Å². The van der Waals surface area contributed by atoms with E-state index >= 15 is 0 Å². The first-order valence-corrected chi connectivity index (χ1v) is 35.4. The van der Waals surface area contributed by atoms with Gasteiger partial charge in [0.15, 0.2) is 6.10 Å². The van der Waals surface area contributed by atoms with Gasteiger partial charge in [-0.3, -0.25) is 14.4 Å².